The van der Waals surface area contributed by atoms with Crippen LogP contribution in [-0.2, 0) is 0 Å². The van der Waals surface area contributed by atoms with E-state index in [4.69, 9.17) is 15.0 Å². The summed E-state index contributed by atoms with van der Waals surface area (Å²) in [4.78, 5) is 24.3. The molecule has 0 saturated carbocycles. The summed E-state index contributed by atoms with van der Waals surface area (Å²) in [6.45, 7) is 0. The summed E-state index contributed by atoms with van der Waals surface area (Å²) in [6.07, 6.45) is 9.38. The fraction of sp³-hybridized carbons (Fsp3) is 0. The Morgan fingerprint density at radius 2 is 0.534 bits per heavy atom. The molecule has 118 heavy (non-hydrogen) atoms. The number of hydrogen-bond acceptors (Lipinski definition) is 6. The molecule has 4 heterocycles. The molecule has 0 amide bonds. The molecule has 0 atom stereocenters. The SMILES string of the molecule is c1ccc(-c2c3c(c(-c4ccccc4)c4ccccc24)-c2ccc(-c4ccc(N(c5ccccc5)c5cc6cccnc6c6cc(-c7ccc8c(-c9ccccc9)c9c(c(-c%10ccccc%10)c8c7)-c7ccc(-c8ccc(N(c%10cccnc%10)c%10cc%11cccnc%11c%11ncccc%10%11)cc8)c8cccc-9c78)ccc56)cc4)c4cccc-3c24)cc1. The Balaban J connectivity index is 0.633. The summed E-state index contributed by atoms with van der Waals surface area (Å²) in [5.41, 5.74) is 35.5. The lowest BCUT2D eigenvalue weighted by Crippen LogP contribution is -2.11. The predicted octanol–water partition coefficient (Wildman–Crippen LogP) is 30.4. The van der Waals surface area contributed by atoms with Crippen molar-refractivity contribution in [2.24, 2.45) is 0 Å². The molecule has 22 aromatic rings. The molecular formula is C112H68N6. The third-order valence-electron chi connectivity index (χ3n) is 24.7. The monoisotopic (exact) mass is 1500 g/mol. The number of aromatic nitrogens is 4. The van der Waals surface area contributed by atoms with Gasteiger partial charge < -0.3 is 9.80 Å². The Bertz CT molecular complexity index is 7780. The van der Waals surface area contributed by atoms with Gasteiger partial charge in [0.25, 0.3) is 0 Å². The van der Waals surface area contributed by atoms with Crippen molar-refractivity contribution in [1.82, 2.24) is 19.9 Å². The lowest BCUT2D eigenvalue weighted by atomic mass is 9.81. The van der Waals surface area contributed by atoms with Crippen LogP contribution in [0.2, 0.25) is 0 Å². The van der Waals surface area contributed by atoms with Gasteiger partial charge in [-0.05, 0) is 263 Å². The lowest BCUT2D eigenvalue weighted by Gasteiger charge is -2.28. The van der Waals surface area contributed by atoms with Crippen LogP contribution < -0.4 is 9.80 Å². The van der Waals surface area contributed by atoms with Crippen LogP contribution in [0, 0.1) is 0 Å². The maximum Gasteiger partial charge on any atom is 0.0985 e. The number of benzene rings is 18. The smallest absolute Gasteiger partial charge is 0.0985 e. The topological polar surface area (TPSA) is 58.0 Å². The van der Waals surface area contributed by atoms with E-state index in [9.17, 15) is 0 Å². The molecular weight excluding hydrogens is 1430 g/mol. The van der Waals surface area contributed by atoms with Gasteiger partial charge in [0.2, 0.25) is 0 Å². The van der Waals surface area contributed by atoms with Gasteiger partial charge in [-0.1, -0.05) is 285 Å². The van der Waals surface area contributed by atoms with Gasteiger partial charge in [-0.25, -0.2) is 0 Å². The normalized spacial score (nSPS) is 11.9. The van der Waals surface area contributed by atoms with Crippen LogP contribution in [0.25, 0.3) is 209 Å². The zero-order valence-corrected chi connectivity index (χ0v) is 63.9. The number of fused-ring (bicyclic) bond motifs is 14. The summed E-state index contributed by atoms with van der Waals surface area (Å²) >= 11 is 0. The van der Waals surface area contributed by atoms with E-state index in [1.807, 2.05) is 49.2 Å². The van der Waals surface area contributed by atoms with E-state index in [1.54, 1.807) is 0 Å². The van der Waals surface area contributed by atoms with Crippen LogP contribution in [0.15, 0.2) is 413 Å². The standard InChI is InChI=1S/C112H68N6/c1-6-24-71(25-7-1)100-88-37-16-17-38-89(88)101(72-26-8-2-9-27-72)108-94-58-56-83(86-39-18-41-92(104(86)94)106(100)108)69-44-50-80(51-45-69)117(79-34-14-5-15-35-79)98-66-77-32-20-61-114-110(77)97-65-76(48-54-85(97)98)75-49-55-90-96(64-75)103(74-30-12-4-13-31-74)109-95-59-57-84(87-40-19-42-93(105(87)95)107(109)102(90)73-28-10-3-11-29-73)70-46-52-81(53-47-70)118(82-36-22-60-113-68-82)99-67-78-33-21-62-115-111(78)112-91(99)43-23-63-116-112/h1-68H. The molecule has 0 radical (unpaired) electrons. The Kier molecular flexibility index (Phi) is 15.3. The molecule has 0 N–H and O–H groups in total. The summed E-state index contributed by atoms with van der Waals surface area (Å²) in [7, 11) is 0. The maximum atomic E-state index is 5.22. The Hall–Kier alpha value is -15.8. The third-order valence-corrected chi connectivity index (χ3v) is 24.7. The molecule has 18 aromatic carbocycles. The zero-order valence-electron chi connectivity index (χ0n) is 63.9. The minimum atomic E-state index is 0.856. The first-order valence-electron chi connectivity index (χ1n) is 40.4. The summed E-state index contributed by atoms with van der Waals surface area (Å²) in [5, 5.41) is 15.1. The average molecular weight is 1500 g/mol. The van der Waals surface area contributed by atoms with Gasteiger partial charge in [0, 0.05) is 68.8 Å². The summed E-state index contributed by atoms with van der Waals surface area (Å²) in [5.74, 6) is 0. The molecule has 6 heteroatoms. The molecule has 2 aliphatic rings. The molecule has 0 bridgehead atoms. The molecule has 4 aromatic heterocycles. The number of para-hydroxylation sites is 1. The van der Waals surface area contributed by atoms with Crippen molar-refractivity contribution in [1.29, 1.82) is 0 Å². The highest BCUT2D eigenvalue weighted by molar-refractivity contribution is 6.31. The van der Waals surface area contributed by atoms with Gasteiger partial charge >= 0.3 is 0 Å². The zero-order chi connectivity index (χ0) is 77.5. The van der Waals surface area contributed by atoms with Crippen LogP contribution >= 0.6 is 0 Å². The molecule has 0 saturated heterocycles. The number of pyridine rings is 4. The van der Waals surface area contributed by atoms with E-state index in [-0.39, 0.29) is 0 Å². The quantitative estimate of drug-likeness (QED) is 0.107. The lowest BCUT2D eigenvalue weighted by molar-refractivity contribution is 1.24. The van der Waals surface area contributed by atoms with E-state index in [1.165, 1.54) is 138 Å². The van der Waals surface area contributed by atoms with Gasteiger partial charge in [-0.2, -0.15) is 0 Å². The molecule has 6 nitrogen and oxygen atoms in total. The third kappa shape index (κ3) is 10.4. The number of hydrogen-bond donors (Lipinski definition) is 0. The molecule has 0 fully saturated rings. The minimum Gasteiger partial charge on any atom is -0.310 e. The van der Waals surface area contributed by atoms with Crippen molar-refractivity contribution >= 4 is 121 Å². The van der Waals surface area contributed by atoms with Crippen LogP contribution in [0.5, 0.6) is 0 Å². The van der Waals surface area contributed by atoms with Crippen molar-refractivity contribution in [3.63, 3.8) is 0 Å². The van der Waals surface area contributed by atoms with E-state index < -0.39 is 0 Å². The highest BCUT2D eigenvalue weighted by atomic mass is 15.2. The number of nitrogens with zero attached hydrogens (tertiary/aromatic N) is 6. The van der Waals surface area contributed by atoms with Gasteiger partial charge in [0.15, 0.2) is 0 Å². The van der Waals surface area contributed by atoms with Crippen molar-refractivity contribution in [2.75, 3.05) is 9.80 Å². The Labute approximate surface area is 681 Å². The maximum absolute atomic E-state index is 5.22. The first kappa shape index (κ1) is 66.8. The highest BCUT2D eigenvalue weighted by Crippen LogP contribution is 2.62. The van der Waals surface area contributed by atoms with Gasteiger partial charge in [0.05, 0.1) is 39.8 Å². The van der Waals surface area contributed by atoms with Crippen molar-refractivity contribution in [2.45, 2.75) is 0 Å². The van der Waals surface area contributed by atoms with Crippen LogP contribution in [-0.4, -0.2) is 19.9 Å². The fourth-order valence-electron chi connectivity index (χ4n) is 19.7. The van der Waals surface area contributed by atoms with Crippen LogP contribution in [0.1, 0.15) is 0 Å². The highest BCUT2D eigenvalue weighted by Gasteiger charge is 2.35. The fourth-order valence-corrected chi connectivity index (χ4v) is 19.7. The Morgan fingerprint density at radius 3 is 1.04 bits per heavy atom. The number of anilines is 6. The van der Waals surface area contributed by atoms with Gasteiger partial charge in [-0.15, -0.1) is 0 Å². The largest absolute Gasteiger partial charge is 0.310 e. The van der Waals surface area contributed by atoms with Gasteiger partial charge in [0.1, 0.15) is 0 Å². The average Bonchev–Trinajstić information content (AvgIpc) is 1.53. The van der Waals surface area contributed by atoms with E-state index in [0.717, 1.165) is 105 Å². The Morgan fingerprint density at radius 1 is 0.178 bits per heavy atom. The second-order valence-electron chi connectivity index (χ2n) is 31.0. The first-order valence-corrected chi connectivity index (χ1v) is 40.4. The molecule has 0 aliphatic heterocycles. The summed E-state index contributed by atoms with van der Waals surface area (Å²) < 4.78 is 0. The van der Waals surface area contributed by atoms with Crippen LogP contribution in [0.3, 0.4) is 0 Å². The molecule has 0 spiro atoms. The van der Waals surface area contributed by atoms with E-state index >= 15 is 0 Å². The molecule has 24 rings (SSSR count). The van der Waals surface area contributed by atoms with Crippen molar-refractivity contribution in [3.05, 3.63) is 413 Å². The second kappa shape index (κ2) is 27.0. The van der Waals surface area contributed by atoms with Crippen LogP contribution in [0.4, 0.5) is 34.1 Å². The second-order valence-corrected chi connectivity index (χ2v) is 31.0. The van der Waals surface area contributed by atoms with Crippen molar-refractivity contribution in [3.8, 4) is 122 Å². The van der Waals surface area contributed by atoms with E-state index in [2.05, 4.69) is 379 Å². The van der Waals surface area contributed by atoms with E-state index in [0.29, 0.717) is 0 Å². The molecule has 0 unspecified atom stereocenters. The first-order chi connectivity index (χ1) is 58.6. The van der Waals surface area contributed by atoms with Crippen molar-refractivity contribution < 1.29 is 0 Å². The minimum absolute atomic E-state index is 0.856. The number of rotatable bonds is 13. The van der Waals surface area contributed by atoms with Gasteiger partial charge in [-0.3, -0.25) is 19.9 Å². The summed E-state index contributed by atoms with van der Waals surface area (Å²) in [6, 6.07) is 141. The predicted molar refractivity (Wildman–Crippen MR) is 494 cm³/mol. The molecule has 546 valence electrons. The molecule has 2 aliphatic carbocycles.